The number of hydrogen-bond donors (Lipinski definition) is 1. The third-order valence-electron chi connectivity index (χ3n) is 1.35. The van der Waals surface area contributed by atoms with Crippen LogP contribution in [0, 0.1) is 0 Å². The van der Waals surface area contributed by atoms with Gasteiger partial charge >= 0.3 is 0 Å². The first kappa shape index (κ1) is 9.38. The number of hydrogen-bond acceptors (Lipinski definition) is 3. The molecule has 0 fully saturated rings. The van der Waals surface area contributed by atoms with Gasteiger partial charge in [0.15, 0.2) is 0 Å². The van der Waals surface area contributed by atoms with Crippen LogP contribution in [0.15, 0.2) is 30.7 Å². The van der Waals surface area contributed by atoms with Crippen molar-refractivity contribution in [3.63, 3.8) is 0 Å². The van der Waals surface area contributed by atoms with Crippen molar-refractivity contribution >= 4 is 5.91 Å². The molecule has 0 saturated heterocycles. The minimum Gasteiger partial charge on any atom is -0.347 e. The average Bonchev–Trinajstić information content (AvgIpc) is 2.15. The van der Waals surface area contributed by atoms with Crippen molar-refractivity contribution in [2.24, 2.45) is 0 Å². The van der Waals surface area contributed by atoms with E-state index in [9.17, 15) is 4.79 Å². The predicted molar refractivity (Wildman–Crippen MR) is 49.2 cm³/mol. The van der Waals surface area contributed by atoms with Crippen LogP contribution in [0.1, 0.15) is 17.4 Å². The molecule has 1 aromatic heterocycles. The second kappa shape index (κ2) is 4.35. The second-order valence-corrected chi connectivity index (χ2v) is 2.73. The molecule has 0 aliphatic carbocycles. The Labute approximate surface area is 76.7 Å². The monoisotopic (exact) mass is 177 g/mol. The molecule has 4 heteroatoms. The lowest BCUT2D eigenvalue weighted by atomic mass is 10.3. The van der Waals surface area contributed by atoms with Crippen LogP contribution < -0.4 is 5.32 Å². The lowest BCUT2D eigenvalue weighted by Crippen LogP contribution is -2.25. The maximum absolute atomic E-state index is 11.3. The Hall–Kier alpha value is -1.71. The Morgan fingerprint density at radius 1 is 1.62 bits per heavy atom. The Kier molecular flexibility index (Phi) is 3.14. The number of amides is 1. The van der Waals surface area contributed by atoms with Crippen LogP contribution in [-0.2, 0) is 0 Å². The molecule has 0 atom stereocenters. The number of nitrogens with zero attached hydrogens (tertiary/aromatic N) is 2. The van der Waals surface area contributed by atoms with Crippen molar-refractivity contribution in [1.82, 2.24) is 15.3 Å². The third kappa shape index (κ3) is 3.02. The molecule has 1 N–H and O–H groups in total. The molecular formula is C9H11N3O. The quantitative estimate of drug-likeness (QED) is 0.694. The molecule has 1 aromatic rings. The van der Waals surface area contributed by atoms with E-state index in [0.29, 0.717) is 12.2 Å². The van der Waals surface area contributed by atoms with Crippen LogP contribution >= 0.6 is 0 Å². The average molecular weight is 177 g/mol. The zero-order chi connectivity index (χ0) is 9.68. The first-order valence-electron chi connectivity index (χ1n) is 3.88. The van der Waals surface area contributed by atoms with Gasteiger partial charge in [-0.2, -0.15) is 0 Å². The lowest BCUT2D eigenvalue weighted by Gasteiger charge is -2.02. The van der Waals surface area contributed by atoms with Crippen molar-refractivity contribution in [2.45, 2.75) is 6.92 Å². The predicted octanol–water partition coefficient (Wildman–Crippen LogP) is 0.782. The third-order valence-corrected chi connectivity index (χ3v) is 1.35. The smallest absolute Gasteiger partial charge is 0.271 e. The van der Waals surface area contributed by atoms with Crippen LogP contribution in [0.2, 0.25) is 0 Å². The van der Waals surface area contributed by atoms with E-state index in [1.54, 1.807) is 0 Å². The minimum atomic E-state index is -0.226. The van der Waals surface area contributed by atoms with Crippen LogP contribution in [0.25, 0.3) is 0 Å². The molecule has 1 amide bonds. The van der Waals surface area contributed by atoms with E-state index in [1.165, 1.54) is 18.6 Å². The van der Waals surface area contributed by atoms with Gasteiger partial charge in [0.2, 0.25) is 0 Å². The highest BCUT2D eigenvalue weighted by Gasteiger charge is 2.04. The van der Waals surface area contributed by atoms with Crippen LogP contribution in [-0.4, -0.2) is 22.4 Å². The molecule has 68 valence electrons. The summed E-state index contributed by atoms with van der Waals surface area (Å²) in [5.74, 6) is -0.226. The molecule has 0 aliphatic rings. The van der Waals surface area contributed by atoms with Crippen LogP contribution in [0.5, 0.6) is 0 Å². The zero-order valence-electron chi connectivity index (χ0n) is 7.45. The molecule has 1 heterocycles. The van der Waals surface area contributed by atoms with Gasteiger partial charge in [0.05, 0.1) is 6.20 Å². The van der Waals surface area contributed by atoms with Crippen LogP contribution in [0.3, 0.4) is 0 Å². The summed E-state index contributed by atoms with van der Waals surface area (Å²) in [4.78, 5) is 18.9. The van der Waals surface area contributed by atoms with E-state index < -0.39 is 0 Å². The number of aromatic nitrogens is 2. The molecular weight excluding hydrogens is 166 g/mol. The van der Waals surface area contributed by atoms with Gasteiger partial charge < -0.3 is 5.32 Å². The van der Waals surface area contributed by atoms with Crippen LogP contribution in [0.4, 0.5) is 0 Å². The summed E-state index contributed by atoms with van der Waals surface area (Å²) in [6.45, 7) is 5.98. The fourth-order valence-corrected chi connectivity index (χ4v) is 0.738. The van der Waals surface area contributed by atoms with Crippen molar-refractivity contribution < 1.29 is 4.79 Å². The largest absolute Gasteiger partial charge is 0.347 e. The molecule has 0 aromatic carbocycles. The Bertz CT molecular complexity index is 308. The molecule has 13 heavy (non-hydrogen) atoms. The summed E-state index contributed by atoms with van der Waals surface area (Å²) in [5.41, 5.74) is 1.22. The van der Waals surface area contributed by atoms with Gasteiger partial charge in [-0.05, 0) is 6.92 Å². The highest BCUT2D eigenvalue weighted by molar-refractivity contribution is 5.91. The molecule has 0 bridgehead atoms. The van der Waals surface area contributed by atoms with Gasteiger partial charge in [0.25, 0.3) is 5.91 Å². The number of nitrogens with one attached hydrogen (secondary N) is 1. The van der Waals surface area contributed by atoms with Gasteiger partial charge in [-0.1, -0.05) is 12.2 Å². The summed E-state index contributed by atoms with van der Waals surface area (Å²) in [5, 5.41) is 2.66. The minimum absolute atomic E-state index is 0.226. The van der Waals surface area contributed by atoms with Gasteiger partial charge in [-0.25, -0.2) is 4.98 Å². The molecule has 0 spiro atoms. The van der Waals surface area contributed by atoms with E-state index in [0.717, 1.165) is 5.57 Å². The van der Waals surface area contributed by atoms with Crippen molar-refractivity contribution in [3.8, 4) is 0 Å². The van der Waals surface area contributed by atoms with Gasteiger partial charge in [0, 0.05) is 18.9 Å². The first-order chi connectivity index (χ1) is 6.20. The summed E-state index contributed by atoms with van der Waals surface area (Å²) in [7, 11) is 0. The molecule has 0 saturated carbocycles. The number of carbonyl (C=O) groups is 1. The fourth-order valence-electron chi connectivity index (χ4n) is 0.738. The second-order valence-electron chi connectivity index (χ2n) is 2.73. The van der Waals surface area contributed by atoms with Gasteiger partial charge in [0.1, 0.15) is 5.69 Å². The highest BCUT2D eigenvalue weighted by atomic mass is 16.1. The molecule has 0 aliphatic heterocycles. The van der Waals surface area contributed by atoms with E-state index in [4.69, 9.17) is 0 Å². The molecule has 4 nitrogen and oxygen atoms in total. The Morgan fingerprint density at radius 2 is 2.38 bits per heavy atom. The highest BCUT2D eigenvalue weighted by Crippen LogP contribution is 1.90. The molecule has 0 radical (unpaired) electrons. The fraction of sp³-hybridized carbons (Fsp3) is 0.222. The van der Waals surface area contributed by atoms with E-state index in [1.807, 2.05) is 6.92 Å². The Morgan fingerprint density at radius 3 is 2.92 bits per heavy atom. The van der Waals surface area contributed by atoms with Crippen molar-refractivity contribution in [3.05, 3.63) is 36.4 Å². The first-order valence-corrected chi connectivity index (χ1v) is 3.88. The molecule has 1 rings (SSSR count). The summed E-state index contributed by atoms with van der Waals surface area (Å²) in [6.07, 6.45) is 4.43. The van der Waals surface area contributed by atoms with Gasteiger partial charge in [-0.15, -0.1) is 0 Å². The van der Waals surface area contributed by atoms with E-state index >= 15 is 0 Å². The van der Waals surface area contributed by atoms with Gasteiger partial charge in [-0.3, -0.25) is 9.78 Å². The number of carbonyl (C=O) groups excluding carboxylic acids is 1. The normalized spacial score (nSPS) is 9.31. The van der Waals surface area contributed by atoms with E-state index in [-0.39, 0.29) is 5.91 Å². The summed E-state index contributed by atoms with van der Waals surface area (Å²) < 4.78 is 0. The standard InChI is InChI=1S/C9H11N3O/c1-7(2)5-12-9(13)8-6-10-3-4-11-8/h3-4,6H,1,5H2,2H3,(H,12,13). The maximum atomic E-state index is 11.3. The van der Waals surface area contributed by atoms with Crippen molar-refractivity contribution in [2.75, 3.05) is 6.54 Å². The molecule has 0 unspecified atom stereocenters. The topological polar surface area (TPSA) is 54.9 Å². The summed E-state index contributed by atoms with van der Waals surface area (Å²) >= 11 is 0. The number of rotatable bonds is 3. The van der Waals surface area contributed by atoms with Crippen molar-refractivity contribution in [1.29, 1.82) is 0 Å². The lowest BCUT2D eigenvalue weighted by molar-refractivity contribution is 0.0951. The Balaban J connectivity index is 2.54. The zero-order valence-corrected chi connectivity index (χ0v) is 7.45. The maximum Gasteiger partial charge on any atom is 0.271 e. The van der Waals surface area contributed by atoms with E-state index in [2.05, 4.69) is 21.9 Å². The SMILES string of the molecule is C=C(C)CNC(=O)c1cnccn1. The summed E-state index contributed by atoms with van der Waals surface area (Å²) in [6, 6.07) is 0.